The summed E-state index contributed by atoms with van der Waals surface area (Å²) < 4.78 is 0. The Balaban J connectivity index is 2.35. The van der Waals surface area contributed by atoms with E-state index in [-0.39, 0.29) is 18.4 Å². The molecule has 5 heteroatoms. The van der Waals surface area contributed by atoms with E-state index in [9.17, 15) is 9.59 Å². The van der Waals surface area contributed by atoms with E-state index in [1.54, 1.807) is 4.90 Å². The first-order valence-corrected chi connectivity index (χ1v) is 7.66. The Morgan fingerprint density at radius 3 is 2.40 bits per heavy atom. The van der Waals surface area contributed by atoms with Crippen LogP contribution >= 0.6 is 0 Å². The number of nitrogens with zero attached hydrogens (tertiary/aromatic N) is 1. The molecule has 1 saturated carbocycles. The smallest absolute Gasteiger partial charge is 0.317 e. The highest BCUT2D eigenvalue weighted by Gasteiger charge is 2.25. The molecule has 0 aromatic carbocycles. The Bertz CT molecular complexity index is 325. The molecule has 1 rings (SSSR count). The number of aliphatic carboxylic acids is 1. The van der Waals surface area contributed by atoms with Crippen molar-refractivity contribution in [3.63, 3.8) is 0 Å². The number of nitrogens with one attached hydrogen (secondary N) is 1. The molecule has 0 bridgehead atoms. The van der Waals surface area contributed by atoms with Gasteiger partial charge in [0.15, 0.2) is 0 Å². The summed E-state index contributed by atoms with van der Waals surface area (Å²) in [6.45, 7) is 4.65. The summed E-state index contributed by atoms with van der Waals surface area (Å²) in [6, 6.07) is 0.249. The van der Waals surface area contributed by atoms with E-state index in [0.29, 0.717) is 12.6 Å². The van der Waals surface area contributed by atoms with Crippen LogP contribution in [0.1, 0.15) is 52.4 Å². The predicted octanol–water partition coefficient (Wildman–Crippen LogP) is 2.71. The molecule has 1 fully saturated rings. The Morgan fingerprint density at radius 1 is 1.30 bits per heavy atom. The van der Waals surface area contributed by atoms with Crippen LogP contribution in [-0.4, -0.2) is 41.6 Å². The highest BCUT2D eigenvalue weighted by atomic mass is 16.4. The lowest BCUT2D eigenvalue weighted by molar-refractivity contribution is -0.138. The van der Waals surface area contributed by atoms with Gasteiger partial charge in [-0.15, -0.1) is 0 Å². The van der Waals surface area contributed by atoms with E-state index in [1.807, 2.05) is 14.0 Å². The molecule has 20 heavy (non-hydrogen) atoms. The van der Waals surface area contributed by atoms with Crippen molar-refractivity contribution in [3.8, 4) is 0 Å². The zero-order chi connectivity index (χ0) is 15.1. The quantitative estimate of drug-likeness (QED) is 0.788. The first-order valence-electron chi connectivity index (χ1n) is 7.66. The minimum absolute atomic E-state index is 0.0104. The van der Waals surface area contributed by atoms with Gasteiger partial charge in [-0.2, -0.15) is 0 Å². The van der Waals surface area contributed by atoms with Crippen LogP contribution in [-0.2, 0) is 4.79 Å². The fourth-order valence-electron chi connectivity index (χ4n) is 2.76. The van der Waals surface area contributed by atoms with E-state index in [2.05, 4.69) is 12.2 Å². The molecule has 1 aliphatic carbocycles. The first-order chi connectivity index (χ1) is 9.43. The van der Waals surface area contributed by atoms with Crippen molar-refractivity contribution in [1.29, 1.82) is 0 Å². The number of carboxylic acid groups (broad SMARTS) is 1. The molecular weight excluding hydrogens is 256 g/mol. The van der Waals surface area contributed by atoms with Crippen molar-refractivity contribution in [2.45, 2.75) is 58.4 Å². The summed E-state index contributed by atoms with van der Waals surface area (Å²) in [5.74, 6) is -0.0281. The van der Waals surface area contributed by atoms with Gasteiger partial charge < -0.3 is 15.3 Å². The highest BCUT2D eigenvalue weighted by molar-refractivity contribution is 5.74. The molecule has 116 valence electrons. The number of hydrogen-bond acceptors (Lipinski definition) is 2. The molecule has 1 atom stereocenters. The summed E-state index contributed by atoms with van der Waals surface area (Å²) in [5.41, 5.74) is 0. The average Bonchev–Trinajstić information content (AvgIpc) is 2.42. The second kappa shape index (κ2) is 8.12. The van der Waals surface area contributed by atoms with E-state index >= 15 is 0 Å². The van der Waals surface area contributed by atoms with Crippen molar-refractivity contribution in [2.75, 3.05) is 13.6 Å². The third-order valence-electron chi connectivity index (χ3n) is 4.44. The van der Waals surface area contributed by atoms with Gasteiger partial charge >= 0.3 is 12.0 Å². The van der Waals surface area contributed by atoms with Gasteiger partial charge in [-0.05, 0) is 37.5 Å². The van der Waals surface area contributed by atoms with Crippen LogP contribution in [0.4, 0.5) is 4.79 Å². The lowest BCUT2D eigenvalue weighted by Gasteiger charge is -2.33. The number of carboxylic acids is 1. The van der Waals surface area contributed by atoms with Crippen molar-refractivity contribution >= 4 is 12.0 Å². The van der Waals surface area contributed by atoms with Crippen LogP contribution in [0.3, 0.4) is 0 Å². The molecule has 0 spiro atoms. The van der Waals surface area contributed by atoms with Crippen molar-refractivity contribution in [1.82, 2.24) is 10.2 Å². The maximum Gasteiger partial charge on any atom is 0.317 e. The van der Waals surface area contributed by atoms with Crippen LogP contribution in [0.5, 0.6) is 0 Å². The van der Waals surface area contributed by atoms with Gasteiger partial charge in [-0.1, -0.05) is 20.3 Å². The number of urea groups is 1. The van der Waals surface area contributed by atoms with Crippen LogP contribution in [0.15, 0.2) is 0 Å². The molecule has 0 heterocycles. The van der Waals surface area contributed by atoms with E-state index in [0.717, 1.165) is 25.2 Å². The van der Waals surface area contributed by atoms with Crippen LogP contribution in [0, 0.1) is 11.8 Å². The fraction of sp³-hybridized carbons (Fsp3) is 0.867. The molecule has 5 nitrogen and oxygen atoms in total. The van der Waals surface area contributed by atoms with Gasteiger partial charge in [0, 0.05) is 26.1 Å². The largest absolute Gasteiger partial charge is 0.481 e. The Kier molecular flexibility index (Phi) is 6.82. The number of carbonyl (C=O) groups is 2. The maximum absolute atomic E-state index is 12.1. The number of hydrogen-bond donors (Lipinski definition) is 2. The van der Waals surface area contributed by atoms with E-state index in [1.165, 1.54) is 12.8 Å². The van der Waals surface area contributed by atoms with Gasteiger partial charge in [0.1, 0.15) is 0 Å². The Hall–Kier alpha value is -1.26. The van der Waals surface area contributed by atoms with Crippen molar-refractivity contribution < 1.29 is 14.7 Å². The van der Waals surface area contributed by atoms with Crippen LogP contribution < -0.4 is 5.32 Å². The Morgan fingerprint density at radius 2 is 1.90 bits per heavy atom. The zero-order valence-electron chi connectivity index (χ0n) is 12.9. The second-order valence-electron chi connectivity index (χ2n) is 6.08. The number of carbonyl (C=O) groups excluding carboxylic acids is 1. The minimum atomic E-state index is -0.805. The van der Waals surface area contributed by atoms with Crippen LogP contribution in [0.2, 0.25) is 0 Å². The fourth-order valence-corrected chi connectivity index (χ4v) is 2.76. The SMILES string of the molecule is CCC(CNC(=O)N(C)C1CCC(C)CC1)CC(=O)O. The minimum Gasteiger partial charge on any atom is -0.481 e. The molecule has 0 saturated heterocycles. The molecule has 1 aliphatic rings. The summed E-state index contributed by atoms with van der Waals surface area (Å²) in [7, 11) is 1.84. The highest BCUT2D eigenvalue weighted by Crippen LogP contribution is 2.26. The van der Waals surface area contributed by atoms with Crippen molar-refractivity contribution in [3.05, 3.63) is 0 Å². The summed E-state index contributed by atoms with van der Waals surface area (Å²) in [5, 5.41) is 11.7. The average molecular weight is 284 g/mol. The molecule has 0 radical (unpaired) electrons. The predicted molar refractivity (Wildman–Crippen MR) is 78.6 cm³/mol. The van der Waals surface area contributed by atoms with Crippen molar-refractivity contribution in [2.24, 2.45) is 11.8 Å². The monoisotopic (exact) mass is 284 g/mol. The normalized spacial score (nSPS) is 23.9. The summed E-state index contributed by atoms with van der Waals surface area (Å²) in [4.78, 5) is 24.6. The molecule has 0 aromatic rings. The molecule has 0 aromatic heterocycles. The topological polar surface area (TPSA) is 69.6 Å². The molecule has 2 amide bonds. The third-order valence-corrected chi connectivity index (χ3v) is 4.44. The molecule has 2 N–H and O–H groups in total. The maximum atomic E-state index is 12.1. The van der Waals surface area contributed by atoms with E-state index < -0.39 is 5.97 Å². The zero-order valence-corrected chi connectivity index (χ0v) is 12.9. The van der Waals surface area contributed by atoms with Gasteiger partial charge in [-0.25, -0.2) is 4.79 Å². The van der Waals surface area contributed by atoms with Crippen LogP contribution in [0.25, 0.3) is 0 Å². The molecule has 0 aliphatic heterocycles. The lowest BCUT2D eigenvalue weighted by Crippen LogP contribution is -2.46. The lowest BCUT2D eigenvalue weighted by atomic mass is 9.87. The molecule has 1 unspecified atom stereocenters. The molecular formula is C15H28N2O3. The van der Waals surface area contributed by atoms with Gasteiger partial charge in [0.2, 0.25) is 0 Å². The third kappa shape index (κ3) is 5.39. The standard InChI is InChI=1S/C15H28N2O3/c1-4-12(9-14(18)19)10-16-15(20)17(3)13-7-5-11(2)6-8-13/h11-13H,4-10H2,1-3H3,(H,16,20)(H,18,19). The summed E-state index contributed by atoms with van der Waals surface area (Å²) >= 11 is 0. The first kappa shape index (κ1) is 16.8. The number of amides is 2. The second-order valence-corrected chi connectivity index (χ2v) is 6.08. The number of rotatable bonds is 6. The van der Waals surface area contributed by atoms with Gasteiger partial charge in [0.05, 0.1) is 0 Å². The van der Waals surface area contributed by atoms with E-state index in [4.69, 9.17) is 5.11 Å². The summed E-state index contributed by atoms with van der Waals surface area (Å²) in [6.07, 6.45) is 5.37. The Labute approximate surface area is 121 Å². The van der Waals surface area contributed by atoms with Gasteiger partial charge in [0.25, 0.3) is 0 Å². The van der Waals surface area contributed by atoms with Gasteiger partial charge in [-0.3, -0.25) is 4.79 Å².